The maximum absolute atomic E-state index is 12.2. The van der Waals surface area contributed by atoms with E-state index >= 15 is 0 Å². The summed E-state index contributed by atoms with van der Waals surface area (Å²) < 4.78 is 2.16. The largest absolute Gasteiger partial charge is 0.481 e. The lowest BCUT2D eigenvalue weighted by Crippen LogP contribution is -2.47. The Morgan fingerprint density at radius 2 is 2.16 bits per heavy atom. The first-order chi connectivity index (χ1) is 12.1. The third kappa shape index (κ3) is 3.92. The first kappa shape index (κ1) is 17.3. The Balaban J connectivity index is 1.49. The molecule has 1 atom stereocenters. The second-order valence-electron chi connectivity index (χ2n) is 6.51. The number of nitrogens with zero attached hydrogens (tertiary/aromatic N) is 3. The number of fused-ring (bicyclic) bond motifs is 1. The van der Waals surface area contributed by atoms with E-state index in [1.165, 1.54) is 0 Å². The lowest BCUT2D eigenvalue weighted by molar-refractivity contribution is -0.143. The van der Waals surface area contributed by atoms with Gasteiger partial charge >= 0.3 is 12.0 Å². The number of aromatic nitrogens is 2. The Bertz CT molecular complexity index is 771. The van der Waals surface area contributed by atoms with Gasteiger partial charge in [-0.25, -0.2) is 9.78 Å². The molecule has 25 heavy (non-hydrogen) atoms. The molecule has 1 aromatic heterocycles. The number of para-hydroxylation sites is 2. The minimum atomic E-state index is -0.819. The molecule has 2 aromatic rings. The predicted molar refractivity (Wildman–Crippen MR) is 94.4 cm³/mol. The molecular formula is C18H24N4O3. The fourth-order valence-corrected chi connectivity index (χ4v) is 3.39. The van der Waals surface area contributed by atoms with Gasteiger partial charge in [0.2, 0.25) is 0 Å². The van der Waals surface area contributed by atoms with Gasteiger partial charge in [-0.1, -0.05) is 12.1 Å². The maximum Gasteiger partial charge on any atom is 0.317 e. The fraction of sp³-hybridized carbons (Fsp3) is 0.500. The van der Waals surface area contributed by atoms with Crippen molar-refractivity contribution in [2.45, 2.75) is 32.7 Å². The highest BCUT2D eigenvalue weighted by atomic mass is 16.4. The number of piperidine rings is 1. The number of amides is 2. The summed E-state index contributed by atoms with van der Waals surface area (Å²) in [6.07, 6.45) is 2.18. The molecule has 1 unspecified atom stereocenters. The standard InChI is InChI=1S/C18H24N4O3/c1-13-20-15-7-2-3-8-16(15)22(13)11-5-9-19-18(25)21-10-4-6-14(12-21)17(23)24/h2-3,7-8,14H,4-6,9-12H2,1H3,(H,19,25)(H,23,24). The zero-order valence-corrected chi connectivity index (χ0v) is 14.4. The van der Waals surface area contributed by atoms with E-state index in [0.29, 0.717) is 26.1 Å². The smallest absolute Gasteiger partial charge is 0.317 e. The second kappa shape index (κ2) is 7.55. The molecule has 134 valence electrons. The van der Waals surface area contributed by atoms with Gasteiger partial charge in [-0.2, -0.15) is 0 Å². The van der Waals surface area contributed by atoms with E-state index in [1.54, 1.807) is 4.90 Å². The van der Waals surface area contributed by atoms with Crippen LogP contribution in [0.3, 0.4) is 0 Å². The number of nitrogens with one attached hydrogen (secondary N) is 1. The molecule has 0 spiro atoms. The number of carbonyl (C=O) groups excluding carboxylic acids is 1. The maximum atomic E-state index is 12.2. The summed E-state index contributed by atoms with van der Waals surface area (Å²) >= 11 is 0. The van der Waals surface area contributed by atoms with Crippen LogP contribution in [0.2, 0.25) is 0 Å². The predicted octanol–water partition coefficient (Wildman–Crippen LogP) is 2.24. The number of benzene rings is 1. The number of hydrogen-bond donors (Lipinski definition) is 2. The first-order valence-corrected chi connectivity index (χ1v) is 8.73. The summed E-state index contributed by atoms with van der Waals surface area (Å²) in [4.78, 5) is 29.4. The molecule has 2 amide bonds. The zero-order valence-electron chi connectivity index (χ0n) is 14.4. The molecular weight excluding hydrogens is 320 g/mol. The fourth-order valence-electron chi connectivity index (χ4n) is 3.39. The minimum absolute atomic E-state index is 0.168. The highest BCUT2D eigenvalue weighted by molar-refractivity contribution is 5.77. The minimum Gasteiger partial charge on any atom is -0.481 e. The topological polar surface area (TPSA) is 87.5 Å². The number of likely N-dealkylation sites (tertiary alicyclic amines) is 1. The van der Waals surface area contributed by atoms with Crippen molar-refractivity contribution in [2.24, 2.45) is 5.92 Å². The van der Waals surface area contributed by atoms with Gasteiger partial charge in [0.25, 0.3) is 0 Å². The summed E-state index contributed by atoms with van der Waals surface area (Å²) in [6.45, 7) is 4.25. The third-order valence-corrected chi connectivity index (χ3v) is 4.74. The molecule has 0 bridgehead atoms. The van der Waals surface area contributed by atoms with Crippen molar-refractivity contribution in [1.82, 2.24) is 19.8 Å². The second-order valence-corrected chi connectivity index (χ2v) is 6.51. The van der Waals surface area contributed by atoms with E-state index in [9.17, 15) is 9.59 Å². The average Bonchev–Trinajstić information content (AvgIpc) is 2.94. The van der Waals surface area contributed by atoms with Crippen molar-refractivity contribution >= 4 is 23.0 Å². The Hall–Kier alpha value is -2.57. The van der Waals surface area contributed by atoms with Crippen molar-refractivity contribution in [1.29, 1.82) is 0 Å². The summed E-state index contributed by atoms with van der Waals surface area (Å²) in [7, 11) is 0. The van der Waals surface area contributed by atoms with E-state index in [4.69, 9.17) is 5.11 Å². The molecule has 7 heteroatoms. The normalized spacial score (nSPS) is 17.6. The van der Waals surface area contributed by atoms with Crippen LogP contribution >= 0.6 is 0 Å². The van der Waals surface area contributed by atoms with Gasteiger partial charge in [-0.3, -0.25) is 4.79 Å². The SMILES string of the molecule is Cc1nc2ccccc2n1CCCNC(=O)N1CCCC(C(=O)O)C1. The van der Waals surface area contributed by atoms with Crippen molar-refractivity contribution in [3.8, 4) is 0 Å². The number of aliphatic carboxylic acids is 1. The Kier molecular flexibility index (Phi) is 5.21. The summed E-state index contributed by atoms with van der Waals surface area (Å²) in [5.74, 6) is -0.299. The molecule has 1 aromatic carbocycles. The highest BCUT2D eigenvalue weighted by Crippen LogP contribution is 2.17. The Morgan fingerprint density at radius 3 is 2.96 bits per heavy atom. The first-order valence-electron chi connectivity index (χ1n) is 8.73. The number of rotatable bonds is 5. The zero-order chi connectivity index (χ0) is 17.8. The number of imidazole rings is 1. The van der Waals surface area contributed by atoms with E-state index in [1.807, 2.05) is 31.2 Å². The van der Waals surface area contributed by atoms with Crippen molar-refractivity contribution in [3.63, 3.8) is 0 Å². The molecule has 3 rings (SSSR count). The van der Waals surface area contributed by atoms with Crippen molar-refractivity contribution < 1.29 is 14.7 Å². The quantitative estimate of drug-likeness (QED) is 0.814. The van der Waals surface area contributed by atoms with Crippen LogP contribution in [-0.2, 0) is 11.3 Å². The van der Waals surface area contributed by atoms with Gasteiger partial charge in [0.15, 0.2) is 0 Å². The number of hydrogen-bond acceptors (Lipinski definition) is 3. The summed E-state index contributed by atoms with van der Waals surface area (Å²) in [5.41, 5.74) is 2.09. The number of carboxylic acids is 1. The van der Waals surface area contributed by atoms with Crippen LogP contribution in [0.25, 0.3) is 11.0 Å². The molecule has 2 heterocycles. The third-order valence-electron chi connectivity index (χ3n) is 4.74. The van der Waals surface area contributed by atoms with Gasteiger partial charge in [-0.15, -0.1) is 0 Å². The molecule has 2 N–H and O–H groups in total. The average molecular weight is 344 g/mol. The number of urea groups is 1. The lowest BCUT2D eigenvalue weighted by atomic mass is 9.99. The van der Waals surface area contributed by atoms with Crippen molar-refractivity contribution in [3.05, 3.63) is 30.1 Å². The van der Waals surface area contributed by atoms with E-state index in [2.05, 4.69) is 14.9 Å². The number of carbonyl (C=O) groups is 2. The van der Waals surface area contributed by atoms with Crippen LogP contribution in [0.15, 0.2) is 24.3 Å². The highest BCUT2D eigenvalue weighted by Gasteiger charge is 2.27. The van der Waals surface area contributed by atoms with E-state index in [-0.39, 0.29) is 6.03 Å². The number of carboxylic acid groups (broad SMARTS) is 1. The van der Waals surface area contributed by atoms with Crippen LogP contribution in [0, 0.1) is 12.8 Å². The Labute approximate surface area is 146 Å². The molecule has 1 saturated heterocycles. The van der Waals surface area contributed by atoms with Gasteiger partial charge < -0.3 is 19.9 Å². The van der Waals surface area contributed by atoms with Gasteiger partial charge in [0.1, 0.15) is 5.82 Å². The molecule has 0 aliphatic carbocycles. The van der Waals surface area contributed by atoms with E-state index < -0.39 is 11.9 Å². The van der Waals surface area contributed by atoms with Gasteiger partial charge in [0.05, 0.1) is 17.0 Å². The van der Waals surface area contributed by atoms with Crippen LogP contribution in [0.4, 0.5) is 4.79 Å². The Morgan fingerprint density at radius 1 is 1.36 bits per heavy atom. The lowest BCUT2D eigenvalue weighted by Gasteiger charge is -2.30. The molecule has 0 radical (unpaired) electrons. The molecule has 1 fully saturated rings. The number of aryl methyl sites for hydroxylation is 2. The van der Waals surface area contributed by atoms with Gasteiger partial charge in [-0.05, 0) is 38.3 Å². The van der Waals surface area contributed by atoms with Crippen LogP contribution < -0.4 is 5.32 Å². The molecule has 7 nitrogen and oxygen atoms in total. The van der Waals surface area contributed by atoms with Gasteiger partial charge in [0, 0.05) is 26.2 Å². The summed E-state index contributed by atoms with van der Waals surface area (Å²) in [5, 5.41) is 12.0. The molecule has 1 aliphatic rings. The van der Waals surface area contributed by atoms with Crippen LogP contribution in [-0.4, -0.2) is 51.2 Å². The van der Waals surface area contributed by atoms with Crippen molar-refractivity contribution in [2.75, 3.05) is 19.6 Å². The molecule has 1 aliphatic heterocycles. The monoisotopic (exact) mass is 344 g/mol. The molecule has 0 saturated carbocycles. The van der Waals surface area contributed by atoms with Crippen LogP contribution in [0.1, 0.15) is 25.1 Å². The summed E-state index contributed by atoms with van der Waals surface area (Å²) in [6, 6.07) is 7.85. The van der Waals surface area contributed by atoms with E-state index in [0.717, 1.165) is 36.2 Å². The van der Waals surface area contributed by atoms with Crippen LogP contribution in [0.5, 0.6) is 0 Å².